The number of ether oxygens (including phenoxy) is 2. The molecule has 9 heteroatoms. The Morgan fingerprint density at radius 2 is 1.74 bits per heavy atom. The zero-order valence-electron chi connectivity index (χ0n) is 15.2. The number of benzene rings is 1. The Labute approximate surface area is 168 Å². The molecule has 152 valence electrons. The van der Waals surface area contributed by atoms with Crippen LogP contribution in [0.2, 0.25) is 10.0 Å². The van der Waals surface area contributed by atoms with Gasteiger partial charge in [0.1, 0.15) is 17.4 Å². The van der Waals surface area contributed by atoms with Gasteiger partial charge in [-0.1, -0.05) is 36.2 Å². The van der Waals surface area contributed by atoms with Crippen molar-refractivity contribution in [3.8, 4) is 5.75 Å². The van der Waals surface area contributed by atoms with Gasteiger partial charge in [0.25, 0.3) is 0 Å². The van der Waals surface area contributed by atoms with Gasteiger partial charge in [-0.3, -0.25) is 0 Å². The topological polar surface area (TPSA) is 96.3 Å². The molecule has 1 aromatic carbocycles. The lowest BCUT2D eigenvalue weighted by atomic mass is 9.99. The fourth-order valence-corrected chi connectivity index (χ4v) is 2.73. The molecule has 0 atom stereocenters. The lowest BCUT2D eigenvalue weighted by Crippen LogP contribution is -2.35. The van der Waals surface area contributed by atoms with E-state index in [1.807, 2.05) is 12.1 Å². The predicted octanol–water partition coefficient (Wildman–Crippen LogP) is 3.28. The van der Waals surface area contributed by atoms with E-state index >= 15 is 0 Å². The van der Waals surface area contributed by atoms with Crippen LogP contribution in [0.1, 0.15) is 19.8 Å². The Hall–Kier alpha value is -1.54. The maximum absolute atomic E-state index is 9.10. The summed E-state index contributed by atoms with van der Waals surface area (Å²) in [6, 6.07) is 5.37. The molecule has 7 nitrogen and oxygen atoms in total. The highest BCUT2D eigenvalue weighted by atomic mass is 35.5. The van der Waals surface area contributed by atoms with Crippen molar-refractivity contribution in [1.29, 1.82) is 0 Å². The normalized spacial score (nSPS) is 14.9. The summed E-state index contributed by atoms with van der Waals surface area (Å²) in [6.45, 7) is 7.51. The van der Waals surface area contributed by atoms with Crippen LogP contribution >= 0.6 is 23.2 Å². The van der Waals surface area contributed by atoms with E-state index in [4.69, 9.17) is 52.5 Å². The van der Waals surface area contributed by atoms with E-state index in [2.05, 4.69) is 11.8 Å². The Morgan fingerprint density at radius 1 is 1.11 bits per heavy atom. The molecule has 1 heterocycles. The maximum Gasteiger partial charge on any atom is 0.414 e. The molecule has 0 bridgehead atoms. The summed E-state index contributed by atoms with van der Waals surface area (Å²) in [5, 5.41) is 15.8. The van der Waals surface area contributed by atoms with Gasteiger partial charge in [0.15, 0.2) is 0 Å². The van der Waals surface area contributed by atoms with Gasteiger partial charge in [-0.25, -0.2) is 9.59 Å². The van der Waals surface area contributed by atoms with Crippen molar-refractivity contribution in [3.05, 3.63) is 28.2 Å². The lowest BCUT2D eigenvalue weighted by molar-refractivity contribution is -0.159. The van der Waals surface area contributed by atoms with Crippen molar-refractivity contribution in [2.45, 2.75) is 19.8 Å². The number of carbonyl (C=O) groups is 2. The summed E-state index contributed by atoms with van der Waals surface area (Å²) in [6.07, 6.45) is 2.60. The second kappa shape index (κ2) is 12.8. The summed E-state index contributed by atoms with van der Waals surface area (Å²) in [5.74, 6) is -2.17. The Morgan fingerprint density at radius 3 is 2.33 bits per heavy atom. The van der Waals surface area contributed by atoms with Crippen LogP contribution in [0, 0.1) is 5.92 Å². The Kier molecular flexibility index (Phi) is 11.1. The number of carboxylic acids is 2. The minimum absolute atomic E-state index is 0.460. The van der Waals surface area contributed by atoms with Crippen molar-refractivity contribution in [3.63, 3.8) is 0 Å². The number of carboxylic acid groups (broad SMARTS) is 2. The van der Waals surface area contributed by atoms with Gasteiger partial charge in [-0.2, -0.15) is 0 Å². The number of halogens is 2. The van der Waals surface area contributed by atoms with E-state index in [1.54, 1.807) is 6.07 Å². The van der Waals surface area contributed by atoms with Crippen LogP contribution in [0.5, 0.6) is 5.75 Å². The second-order valence-corrected chi connectivity index (χ2v) is 6.93. The van der Waals surface area contributed by atoms with Crippen LogP contribution < -0.4 is 4.74 Å². The molecule has 0 radical (unpaired) electrons. The highest BCUT2D eigenvalue weighted by Crippen LogP contribution is 2.31. The first-order valence-electron chi connectivity index (χ1n) is 8.64. The molecular formula is C18H25Cl2NO6. The molecule has 1 aliphatic heterocycles. The van der Waals surface area contributed by atoms with Gasteiger partial charge in [0, 0.05) is 6.54 Å². The van der Waals surface area contributed by atoms with Crippen LogP contribution in [-0.4, -0.2) is 66.5 Å². The molecule has 0 aliphatic carbocycles. The van der Waals surface area contributed by atoms with Crippen LogP contribution in [0.25, 0.3) is 0 Å². The SMILES string of the molecule is CC1CCN(CCOCCOc2cccc(Cl)c2Cl)CC1.O=C(O)C(=O)O. The van der Waals surface area contributed by atoms with Gasteiger partial charge >= 0.3 is 11.9 Å². The van der Waals surface area contributed by atoms with Crippen LogP contribution in [0.4, 0.5) is 0 Å². The summed E-state index contributed by atoms with van der Waals surface area (Å²) in [4.78, 5) is 20.7. The smallest absolute Gasteiger partial charge is 0.414 e. The van der Waals surface area contributed by atoms with E-state index in [0.717, 1.165) is 19.1 Å². The minimum atomic E-state index is -1.82. The highest BCUT2D eigenvalue weighted by Gasteiger charge is 2.14. The average molecular weight is 422 g/mol. The number of rotatable bonds is 7. The number of piperidine rings is 1. The molecule has 1 saturated heterocycles. The molecular weight excluding hydrogens is 397 g/mol. The summed E-state index contributed by atoms with van der Waals surface area (Å²) >= 11 is 12.0. The summed E-state index contributed by atoms with van der Waals surface area (Å²) in [7, 11) is 0. The van der Waals surface area contributed by atoms with Gasteiger partial charge in [0.05, 0.1) is 18.2 Å². The second-order valence-electron chi connectivity index (χ2n) is 6.15. The van der Waals surface area contributed by atoms with Gasteiger partial charge in [0.2, 0.25) is 0 Å². The maximum atomic E-state index is 9.10. The Balaban J connectivity index is 0.000000527. The first-order valence-corrected chi connectivity index (χ1v) is 9.40. The molecule has 0 unspecified atom stereocenters. The zero-order chi connectivity index (χ0) is 20.2. The van der Waals surface area contributed by atoms with Crippen LogP contribution in [0.15, 0.2) is 18.2 Å². The molecule has 2 N–H and O–H groups in total. The van der Waals surface area contributed by atoms with Crippen molar-refractivity contribution < 1.29 is 29.3 Å². The molecule has 1 aromatic rings. The zero-order valence-corrected chi connectivity index (χ0v) is 16.7. The molecule has 27 heavy (non-hydrogen) atoms. The van der Waals surface area contributed by atoms with E-state index in [9.17, 15) is 0 Å². The lowest BCUT2D eigenvalue weighted by Gasteiger charge is -2.29. The van der Waals surface area contributed by atoms with Gasteiger partial charge in [-0.05, 0) is 44.0 Å². The number of likely N-dealkylation sites (tertiary alicyclic amines) is 1. The molecule has 0 amide bonds. The molecule has 0 saturated carbocycles. The van der Waals surface area contributed by atoms with Crippen molar-refractivity contribution in [2.75, 3.05) is 39.5 Å². The minimum Gasteiger partial charge on any atom is -0.490 e. The van der Waals surface area contributed by atoms with Crippen molar-refractivity contribution in [2.24, 2.45) is 5.92 Å². The van der Waals surface area contributed by atoms with Crippen LogP contribution in [-0.2, 0) is 14.3 Å². The molecule has 2 rings (SSSR count). The average Bonchev–Trinajstić information content (AvgIpc) is 2.63. The van der Waals surface area contributed by atoms with Crippen LogP contribution in [0.3, 0.4) is 0 Å². The van der Waals surface area contributed by atoms with Crippen molar-refractivity contribution in [1.82, 2.24) is 4.90 Å². The Bertz CT molecular complexity index is 594. The quantitative estimate of drug-likeness (QED) is 0.514. The number of aliphatic carboxylic acids is 2. The van der Waals surface area contributed by atoms with E-state index in [1.165, 1.54) is 25.9 Å². The van der Waals surface area contributed by atoms with E-state index < -0.39 is 11.9 Å². The van der Waals surface area contributed by atoms with E-state index in [0.29, 0.717) is 29.0 Å². The highest BCUT2D eigenvalue weighted by molar-refractivity contribution is 6.42. The third-order valence-corrected chi connectivity index (χ3v) is 4.81. The van der Waals surface area contributed by atoms with Gasteiger partial charge < -0.3 is 24.6 Å². The first kappa shape index (κ1) is 23.5. The fraction of sp³-hybridized carbons (Fsp3) is 0.556. The van der Waals surface area contributed by atoms with Crippen molar-refractivity contribution >= 4 is 35.1 Å². The fourth-order valence-electron chi connectivity index (χ4n) is 2.39. The number of hydrogen-bond acceptors (Lipinski definition) is 5. The predicted molar refractivity (Wildman–Crippen MR) is 103 cm³/mol. The molecule has 1 aliphatic rings. The first-order chi connectivity index (χ1) is 12.8. The van der Waals surface area contributed by atoms with E-state index in [-0.39, 0.29) is 0 Å². The standard InChI is InChI=1S/C16H23Cl2NO2.C2H2O4/c1-13-5-7-19(8-6-13)9-10-20-11-12-21-15-4-2-3-14(17)16(15)18;3-1(4)2(5)6/h2-4,13H,5-12H2,1H3;(H,3,4)(H,5,6). The number of hydrogen-bond donors (Lipinski definition) is 2. The molecule has 0 spiro atoms. The molecule has 0 aromatic heterocycles. The monoisotopic (exact) mass is 421 g/mol. The third kappa shape index (κ3) is 9.81. The third-order valence-electron chi connectivity index (χ3n) is 4.01. The molecule has 1 fully saturated rings. The largest absolute Gasteiger partial charge is 0.490 e. The summed E-state index contributed by atoms with van der Waals surface area (Å²) in [5.41, 5.74) is 0. The number of nitrogens with zero attached hydrogens (tertiary/aromatic N) is 1. The van der Waals surface area contributed by atoms with Gasteiger partial charge in [-0.15, -0.1) is 0 Å². The summed E-state index contributed by atoms with van der Waals surface area (Å²) < 4.78 is 11.2.